The van der Waals surface area contributed by atoms with Crippen molar-refractivity contribution in [3.05, 3.63) is 82.4 Å². The smallest absolute Gasteiger partial charge is 0.265 e. The van der Waals surface area contributed by atoms with E-state index in [1.54, 1.807) is 30.3 Å². The fourth-order valence-electron chi connectivity index (χ4n) is 3.86. The highest BCUT2D eigenvalue weighted by Gasteiger charge is 2.33. The maximum absolute atomic E-state index is 13.3. The SMILES string of the molecule is O=C(Nc1cccc(C(=O)N2CCC[C@@H]2c2nnc3ccccn23)c1)c1cccs1. The number of carbonyl (C=O) groups is 2. The van der Waals surface area contributed by atoms with Crippen LogP contribution in [0.5, 0.6) is 0 Å². The molecule has 1 aliphatic rings. The highest BCUT2D eigenvalue weighted by molar-refractivity contribution is 7.12. The van der Waals surface area contributed by atoms with Crippen LogP contribution >= 0.6 is 11.3 Å². The minimum atomic E-state index is -0.177. The molecule has 1 fully saturated rings. The molecule has 7 nitrogen and oxygen atoms in total. The van der Waals surface area contributed by atoms with Crippen molar-refractivity contribution in [1.29, 1.82) is 0 Å². The van der Waals surface area contributed by atoms with E-state index in [9.17, 15) is 9.59 Å². The van der Waals surface area contributed by atoms with E-state index >= 15 is 0 Å². The Kier molecular flexibility index (Phi) is 4.76. The first-order valence-electron chi connectivity index (χ1n) is 9.76. The minimum absolute atomic E-state index is 0.0718. The van der Waals surface area contributed by atoms with Gasteiger partial charge in [0.25, 0.3) is 11.8 Å². The predicted octanol–water partition coefficient (Wildman–Crippen LogP) is 4.02. The van der Waals surface area contributed by atoms with Crippen LogP contribution in [-0.2, 0) is 0 Å². The molecule has 0 aliphatic carbocycles. The van der Waals surface area contributed by atoms with E-state index in [1.165, 1.54) is 11.3 Å². The zero-order valence-electron chi connectivity index (χ0n) is 16.1. The van der Waals surface area contributed by atoms with Crippen LogP contribution in [0.4, 0.5) is 5.69 Å². The molecule has 1 saturated heterocycles. The highest BCUT2D eigenvalue weighted by atomic mass is 32.1. The number of nitrogens with one attached hydrogen (secondary N) is 1. The standard InChI is InChI=1S/C22H19N5O2S/c28-21(18-9-5-13-30-18)23-16-7-3-6-15(14-16)22(29)26-12-4-8-17(26)20-25-24-19-10-1-2-11-27(19)20/h1-3,5-7,9-11,13-14,17H,4,8,12H2,(H,23,28)/t17-/m1/s1. The number of rotatable bonds is 4. The van der Waals surface area contributed by atoms with Gasteiger partial charge in [-0.25, -0.2) is 0 Å². The molecule has 4 heterocycles. The number of fused-ring (bicyclic) bond motifs is 1. The monoisotopic (exact) mass is 417 g/mol. The van der Waals surface area contributed by atoms with Gasteiger partial charge in [0.1, 0.15) is 0 Å². The number of hydrogen-bond acceptors (Lipinski definition) is 5. The average Bonchev–Trinajstić information content (AvgIpc) is 3.53. The van der Waals surface area contributed by atoms with Crippen LogP contribution in [0.1, 0.15) is 44.7 Å². The van der Waals surface area contributed by atoms with Gasteiger partial charge in [-0.15, -0.1) is 21.5 Å². The molecular weight excluding hydrogens is 398 g/mol. The zero-order chi connectivity index (χ0) is 20.5. The minimum Gasteiger partial charge on any atom is -0.328 e. The molecule has 5 rings (SSSR count). The van der Waals surface area contributed by atoms with Gasteiger partial charge in [-0.05, 0) is 54.6 Å². The summed E-state index contributed by atoms with van der Waals surface area (Å²) >= 11 is 1.38. The summed E-state index contributed by atoms with van der Waals surface area (Å²) in [7, 11) is 0. The van der Waals surface area contributed by atoms with Crippen molar-refractivity contribution in [2.24, 2.45) is 0 Å². The molecule has 0 spiro atoms. The normalized spacial score (nSPS) is 16.1. The van der Waals surface area contributed by atoms with E-state index in [2.05, 4.69) is 15.5 Å². The van der Waals surface area contributed by atoms with Crippen LogP contribution in [0, 0.1) is 0 Å². The second-order valence-electron chi connectivity index (χ2n) is 7.16. The Morgan fingerprint density at radius 1 is 1.07 bits per heavy atom. The summed E-state index contributed by atoms with van der Waals surface area (Å²) in [4.78, 5) is 28.1. The molecule has 0 bridgehead atoms. The van der Waals surface area contributed by atoms with Gasteiger partial charge < -0.3 is 10.2 Å². The van der Waals surface area contributed by atoms with Gasteiger partial charge in [0.15, 0.2) is 11.5 Å². The first kappa shape index (κ1) is 18.5. The maximum Gasteiger partial charge on any atom is 0.265 e. The van der Waals surface area contributed by atoms with E-state index < -0.39 is 0 Å². The fourth-order valence-corrected chi connectivity index (χ4v) is 4.48. The first-order chi connectivity index (χ1) is 14.7. The molecular formula is C22H19N5O2S. The number of nitrogens with zero attached hydrogens (tertiary/aromatic N) is 4. The first-order valence-corrected chi connectivity index (χ1v) is 10.6. The third kappa shape index (κ3) is 3.35. The molecule has 1 aromatic carbocycles. The summed E-state index contributed by atoms with van der Waals surface area (Å²) in [6, 6.07) is 16.3. The number of thiophene rings is 1. The lowest BCUT2D eigenvalue weighted by molar-refractivity contribution is 0.0729. The second-order valence-corrected chi connectivity index (χ2v) is 8.10. The van der Waals surface area contributed by atoms with Crippen molar-refractivity contribution < 1.29 is 9.59 Å². The van der Waals surface area contributed by atoms with Crippen molar-refractivity contribution in [3.8, 4) is 0 Å². The van der Waals surface area contributed by atoms with Crippen molar-refractivity contribution in [1.82, 2.24) is 19.5 Å². The topological polar surface area (TPSA) is 79.6 Å². The van der Waals surface area contributed by atoms with Gasteiger partial charge in [0.2, 0.25) is 0 Å². The van der Waals surface area contributed by atoms with E-state index in [0.29, 0.717) is 22.7 Å². The molecule has 4 aromatic rings. The largest absolute Gasteiger partial charge is 0.328 e. The highest BCUT2D eigenvalue weighted by Crippen LogP contribution is 2.32. The summed E-state index contributed by atoms with van der Waals surface area (Å²) in [6.45, 7) is 0.664. The number of aromatic nitrogens is 3. The lowest BCUT2D eigenvalue weighted by Crippen LogP contribution is -2.31. The zero-order valence-corrected chi connectivity index (χ0v) is 16.9. The lowest BCUT2D eigenvalue weighted by Gasteiger charge is -2.23. The summed E-state index contributed by atoms with van der Waals surface area (Å²) in [5.74, 6) is 0.527. The molecule has 0 saturated carbocycles. The van der Waals surface area contributed by atoms with Gasteiger partial charge in [0, 0.05) is 24.0 Å². The Morgan fingerprint density at radius 3 is 2.87 bits per heavy atom. The fraction of sp³-hybridized carbons (Fsp3) is 0.182. The van der Waals surface area contributed by atoms with Gasteiger partial charge in [-0.2, -0.15) is 0 Å². The lowest BCUT2D eigenvalue weighted by atomic mass is 10.1. The Hall–Kier alpha value is -3.52. The van der Waals surface area contributed by atoms with Crippen LogP contribution < -0.4 is 5.32 Å². The van der Waals surface area contributed by atoms with Crippen molar-refractivity contribution in [2.45, 2.75) is 18.9 Å². The maximum atomic E-state index is 13.3. The Morgan fingerprint density at radius 2 is 2.00 bits per heavy atom. The molecule has 150 valence electrons. The number of amides is 2. The number of hydrogen-bond donors (Lipinski definition) is 1. The Labute approximate surface area is 177 Å². The van der Waals surface area contributed by atoms with Crippen LogP contribution in [0.3, 0.4) is 0 Å². The molecule has 8 heteroatoms. The van der Waals surface area contributed by atoms with Gasteiger partial charge in [-0.1, -0.05) is 18.2 Å². The molecule has 1 N–H and O–H groups in total. The number of anilines is 1. The van der Waals surface area contributed by atoms with Crippen molar-refractivity contribution >= 4 is 34.5 Å². The number of likely N-dealkylation sites (tertiary alicyclic amines) is 1. The van der Waals surface area contributed by atoms with Gasteiger partial charge in [-0.3, -0.25) is 14.0 Å². The summed E-state index contributed by atoms with van der Waals surface area (Å²) in [5.41, 5.74) is 1.91. The third-order valence-electron chi connectivity index (χ3n) is 5.26. The second kappa shape index (κ2) is 7.72. The number of pyridine rings is 1. The molecule has 0 unspecified atom stereocenters. The quantitative estimate of drug-likeness (QED) is 0.544. The predicted molar refractivity (Wildman–Crippen MR) is 115 cm³/mol. The third-order valence-corrected chi connectivity index (χ3v) is 6.13. The van der Waals surface area contributed by atoms with Crippen LogP contribution in [0.25, 0.3) is 5.65 Å². The van der Waals surface area contributed by atoms with E-state index in [-0.39, 0.29) is 17.9 Å². The summed E-state index contributed by atoms with van der Waals surface area (Å²) < 4.78 is 1.94. The van der Waals surface area contributed by atoms with Gasteiger partial charge in [0.05, 0.1) is 10.9 Å². The molecule has 2 amide bonds. The number of benzene rings is 1. The van der Waals surface area contributed by atoms with Crippen molar-refractivity contribution in [3.63, 3.8) is 0 Å². The van der Waals surface area contributed by atoms with E-state index in [4.69, 9.17) is 0 Å². The Bertz CT molecular complexity index is 1220. The van der Waals surface area contributed by atoms with Crippen LogP contribution in [-0.4, -0.2) is 37.9 Å². The van der Waals surface area contributed by atoms with Crippen LogP contribution in [0.15, 0.2) is 66.2 Å². The molecule has 1 aliphatic heterocycles. The summed E-state index contributed by atoms with van der Waals surface area (Å²) in [5, 5.41) is 13.3. The van der Waals surface area contributed by atoms with Crippen molar-refractivity contribution in [2.75, 3.05) is 11.9 Å². The molecule has 0 radical (unpaired) electrons. The summed E-state index contributed by atoms with van der Waals surface area (Å²) in [6.07, 6.45) is 3.68. The number of carbonyl (C=O) groups excluding carboxylic acids is 2. The molecule has 3 aromatic heterocycles. The Balaban J connectivity index is 1.39. The van der Waals surface area contributed by atoms with Crippen LogP contribution in [0.2, 0.25) is 0 Å². The van der Waals surface area contributed by atoms with E-state index in [1.807, 2.05) is 45.1 Å². The molecule has 1 atom stereocenters. The van der Waals surface area contributed by atoms with E-state index in [0.717, 1.165) is 24.3 Å². The van der Waals surface area contributed by atoms with Gasteiger partial charge >= 0.3 is 0 Å². The average molecular weight is 417 g/mol. The molecule has 30 heavy (non-hydrogen) atoms.